The number of nitrogens with one attached hydrogen (secondary N) is 1. The lowest BCUT2D eigenvalue weighted by molar-refractivity contribution is 0.0801. The Morgan fingerprint density at radius 3 is 2.81 bits per heavy atom. The molecule has 21 heavy (non-hydrogen) atoms. The van der Waals surface area contributed by atoms with E-state index in [1.54, 1.807) is 0 Å². The van der Waals surface area contributed by atoms with Crippen LogP contribution in [0.5, 0.6) is 0 Å². The molecule has 0 saturated carbocycles. The molecule has 2 rings (SSSR count). The molecule has 1 aromatic rings. The van der Waals surface area contributed by atoms with Crippen molar-refractivity contribution in [1.29, 1.82) is 0 Å². The molecule has 3 nitrogen and oxygen atoms in total. The van der Waals surface area contributed by atoms with E-state index in [1.165, 1.54) is 24.8 Å². The van der Waals surface area contributed by atoms with Crippen LogP contribution in [0.3, 0.4) is 0 Å². The topological polar surface area (TPSA) is 24.5 Å². The fourth-order valence-corrected chi connectivity index (χ4v) is 2.97. The second-order valence-electron chi connectivity index (χ2n) is 6.10. The predicted molar refractivity (Wildman–Crippen MR) is 88.6 cm³/mol. The first kappa shape index (κ1) is 16.5. The van der Waals surface area contributed by atoms with Crippen LogP contribution in [0.1, 0.15) is 44.2 Å². The largest absolute Gasteiger partial charge is 0.377 e. The number of ether oxygens (including phenoxy) is 1. The molecular weight excluding hydrogens is 260 g/mol. The molecule has 1 heterocycles. The van der Waals surface area contributed by atoms with Gasteiger partial charge in [0, 0.05) is 19.2 Å². The lowest BCUT2D eigenvalue weighted by atomic mass is 10.0. The normalized spacial score (nSPS) is 20.0. The molecule has 0 amide bonds. The summed E-state index contributed by atoms with van der Waals surface area (Å²) >= 11 is 0. The zero-order valence-electron chi connectivity index (χ0n) is 13.6. The van der Waals surface area contributed by atoms with E-state index in [9.17, 15) is 0 Å². The van der Waals surface area contributed by atoms with Crippen molar-refractivity contribution in [3.8, 4) is 0 Å². The van der Waals surface area contributed by atoms with Crippen LogP contribution in [0.25, 0.3) is 0 Å². The third-order valence-corrected chi connectivity index (χ3v) is 4.18. The molecule has 118 valence electrons. The van der Waals surface area contributed by atoms with Gasteiger partial charge < -0.3 is 15.0 Å². The maximum absolute atomic E-state index is 5.72. The Kier molecular flexibility index (Phi) is 7.20. The van der Waals surface area contributed by atoms with Gasteiger partial charge in [0.1, 0.15) is 0 Å². The van der Waals surface area contributed by atoms with Crippen molar-refractivity contribution >= 4 is 0 Å². The van der Waals surface area contributed by atoms with E-state index in [-0.39, 0.29) is 0 Å². The Morgan fingerprint density at radius 2 is 2.14 bits per heavy atom. The second kappa shape index (κ2) is 9.19. The molecule has 1 saturated heterocycles. The van der Waals surface area contributed by atoms with Crippen LogP contribution >= 0.6 is 0 Å². The molecule has 3 heteroatoms. The summed E-state index contributed by atoms with van der Waals surface area (Å²) in [7, 11) is 2.21. The molecule has 0 spiro atoms. The standard InChI is InChI=1S/C18H30N2O/c1-3-12-19-18(16-8-5-4-6-9-16)11-13-20(2)15-17-10-7-14-21-17/h4-6,8-9,17-19H,3,7,10-15H2,1-2H3. The molecule has 1 aromatic carbocycles. The number of likely N-dealkylation sites (N-methyl/N-ethyl adjacent to an activating group) is 1. The molecule has 1 fully saturated rings. The van der Waals surface area contributed by atoms with Crippen LogP contribution in [0.4, 0.5) is 0 Å². The predicted octanol–water partition coefficient (Wildman–Crippen LogP) is 3.23. The maximum atomic E-state index is 5.72. The SMILES string of the molecule is CCCNC(CCN(C)CC1CCCO1)c1ccccc1. The Morgan fingerprint density at radius 1 is 1.33 bits per heavy atom. The van der Waals surface area contributed by atoms with Crippen molar-refractivity contribution in [3.63, 3.8) is 0 Å². The lowest BCUT2D eigenvalue weighted by Gasteiger charge is -2.24. The molecule has 0 radical (unpaired) electrons. The summed E-state index contributed by atoms with van der Waals surface area (Å²) in [5, 5.41) is 3.68. The minimum atomic E-state index is 0.453. The summed E-state index contributed by atoms with van der Waals surface area (Å²) in [6.45, 7) is 6.42. The van der Waals surface area contributed by atoms with Crippen molar-refractivity contribution in [1.82, 2.24) is 10.2 Å². The first-order valence-electron chi connectivity index (χ1n) is 8.38. The molecule has 2 unspecified atom stereocenters. The Balaban J connectivity index is 1.80. The van der Waals surface area contributed by atoms with Crippen LogP contribution in [0, 0.1) is 0 Å². The lowest BCUT2D eigenvalue weighted by Crippen LogP contribution is -2.32. The molecule has 0 aromatic heterocycles. The number of hydrogen-bond acceptors (Lipinski definition) is 3. The van der Waals surface area contributed by atoms with Gasteiger partial charge in [0.05, 0.1) is 6.10 Å². The number of nitrogens with zero attached hydrogens (tertiary/aromatic N) is 1. The van der Waals surface area contributed by atoms with Crippen LogP contribution in [-0.4, -0.2) is 44.3 Å². The first-order chi connectivity index (χ1) is 10.3. The van der Waals surface area contributed by atoms with E-state index >= 15 is 0 Å². The van der Waals surface area contributed by atoms with Crippen molar-refractivity contribution in [3.05, 3.63) is 35.9 Å². The highest BCUT2D eigenvalue weighted by Gasteiger charge is 2.18. The summed E-state index contributed by atoms with van der Waals surface area (Å²) in [6.07, 6.45) is 5.22. The summed E-state index contributed by atoms with van der Waals surface area (Å²) in [4.78, 5) is 2.42. The van der Waals surface area contributed by atoms with Gasteiger partial charge in [-0.05, 0) is 51.4 Å². The Hall–Kier alpha value is -0.900. The Bertz CT molecular complexity index is 376. The average molecular weight is 290 g/mol. The van der Waals surface area contributed by atoms with E-state index in [2.05, 4.69) is 54.5 Å². The van der Waals surface area contributed by atoms with Crippen LogP contribution in [0.2, 0.25) is 0 Å². The van der Waals surface area contributed by atoms with Crippen LogP contribution in [0.15, 0.2) is 30.3 Å². The fraction of sp³-hybridized carbons (Fsp3) is 0.667. The minimum absolute atomic E-state index is 0.453. The highest BCUT2D eigenvalue weighted by Crippen LogP contribution is 2.18. The van der Waals surface area contributed by atoms with E-state index in [4.69, 9.17) is 4.74 Å². The summed E-state index contributed by atoms with van der Waals surface area (Å²) in [5.41, 5.74) is 1.40. The van der Waals surface area contributed by atoms with Gasteiger partial charge in [-0.15, -0.1) is 0 Å². The van der Waals surface area contributed by atoms with Gasteiger partial charge in [-0.3, -0.25) is 0 Å². The monoisotopic (exact) mass is 290 g/mol. The van der Waals surface area contributed by atoms with Gasteiger partial charge >= 0.3 is 0 Å². The molecule has 0 bridgehead atoms. The van der Waals surface area contributed by atoms with E-state index in [0.29, 0.717) is 12.1 Å². The van der Waals surface area contributed by atoms with Crippen molar-refractivity contribution < 1.29 is 4.74 Å². The molecule has 1 N–H and O–H groups in total. The second-order valence-corrected chi connectivity index (χ2v) is 6.10. The van der Waals surface area contributed by atoms with E-state index < -0.39 is 0 Å². The average Bonchev–Trinajstić information content (AvgIpc) is 3.01. The van der Waals surface area contributed by atoms with Crippen LogP contribution < -0.4 is 5.32 Å². The van der Waals surface area contributed by atoms with Crippen molar-refractivity contribution in [2.24, 2.45) is 0 Å². The third-order valence-electron chi connectivity index (χ3n) is 4.18. The number of benzene rings is 1. The quantitative estimate of drug-likeness (QED) is 0.755. The number of rotatable bonds is 9. The smallest absolute Gasteiger partial charge is 0.0702 e. The van der Waals surface area contributed by atoms with Gasteiger partial charge in [0.15, 0.2) is 0 Å². The van der Waals surface area contributed by atoms with Gasteiger partial charge in [-0.1, -0.05) is 37.3 Å². The molecular formula is C18H30N2O. The van der Waals surface area contributed by atoms with Crippen molar-refractivity contribution in [2.75, 3.05) is 33.3 Å². The van der Waals surface area contributed by atoms with Gasteiger partial charge in [0.2, 0.25) is 0 Å². The third kappa shape index (κ3) is 5.77. The Labute approximate surface area is 129 Å². The molecule has 2 atom stereocenters. The zero-order chi connectivity index (χ0) is 14.9. The highest BCUT2D eigenvalue weighted by atomic mass is 16.5. The van der Waals surface area contributed by atoms with Gasteiger partial charge in [0.25, 0.3) is 0 Å². The molecule has 0 aliphatic carbocycles. The number of hydrogen-bond donors (Lipinski definition) is 1. The van der Waals surface area contributed by atoms with Crippen molar-refractivity contribution in [2.45, 2.75) is 44.8 Å². The van der Waals surface area contributed by atoms with E-state index in [1.807, 2.05) is 0 Å². The minimum Gasteiger partial charge on any atom is -0.377 e. The van der Waals surface area contributed by atoms with E-state index in [0.717, 1.165) is 32.7 Å². The maximum Gasteiger partial charge on any atom is 0.0702 e. The zero-order valence-corrected chi connectivity index (χ0v) is 13.6. The fourth-order valence-electron chi connectivity index (χ4n) is 2.97. The van der Waals surface area contributed by atoms with Crippen LogP contribution in [-0.2, 0) is 4.74 Å². The summed E-state index contributed by atoms with van der Waals surface area (Å²) in [6, 6.07) is 11.3. The first-order valence-corrected chi connectivity index (χ1v) is 8.38. The molecule has 1 aliphatic rings. The summed E-state index contributed by atoms with van der Waals surface area (Å²) < 4.78 is 5.72. The van der Waals surface area contributed by atoms with Gasteiger partial charge in [-0.25, -0.2) is 0 Å². The van der Waals surface area contributed by atoms with Gasteiger partial charge in [-0.2, -0.15) is 0 Å². The summed E-state index contributed by atoms with van der Waals surface area (Å²) in [5.74, 6) is 0. The highest BCUT2D eigenvalue weighted by molar-refractivity contribution is 5.18. The molecule has 1 aliphatic heterocycles.